The number of piperidine rings is 1. The summed E-state index contributed by atoms with van der Waals surface area (Å²) in [6, 6.07) is 8.37. The number of carbonyl (C=O) groups excluding carboxylic acids is 1. The van der Waals surface area contributed by atoms with E-state index < -0.39 is 0 Å². The van der Waals surface area contributed by atoms with Crippen molar-refractivity contribution in [3.8, 4) is 11.4 Å². The van der Waals surface area contributed by atoms with Crippen molar-refractivity contribution in [1.82, 2.24) is 30.4 Å². The van der Waals surface area contributed by atoms with E-state index in [4.69, 9.17) is 14.7 Å². The second-order valence-corrected chi connectivity index (χ2v) is 11.0. The van der Waals surface area contributed by atoms with Crippen molar-refractivity contribution in [2.24, 2.45) is 5.92 Å². The fourth-order valence-electron chi connectivity index (χ4n) is 5.46. The summed E-state index contributed by atoms with van der Waals surface area (Å²) in [5.41, 5.74) is 2.99. The Kier molecular flexibility index (Phi) is 7.04. The van der Waals surface area contributed by atoms with Gasteiger partial charge >= 0.3 is 0 Å². The number of amides is 1. The predicted molar refractivity (Wildman–Crippen MR) is 147 cm³/mol. The molecule has 0 spiro atoms. The highest BCUT2D eigenvalue weighted by Crippen LogP contribution is 2.36. The van der Waals surface area contributed by atoms with Crippen molar-refractivity contribution in [1.29, 1.82) is 0 Å². The maximum atomic E-state index is 11.9. The monoisotopic (exact) mass is 519 g/mol. The van der Waals surface area contributed by atoms with E-state index in [-0.39, 0.29) is 11.8 Å². The number of thiophene rings is 1. The van der Waals surface area contributed by atoms with Gasteiger partial charge in [-0.1, -0.05) is 12.1 Å². The molecule has 3 aromatic heterocycles. The Labute approximate surface area is 220 Å². The number of morpholine rings is 1. The molecule has 1 amide bonds. The van der Waals surface area contributed by atoms with Crippen LogP contribution in [0.3, 0.4) is 0 Å². The molecule has 2 aliphatic heterocycles. The highest BCUT2D eigenvalue weighted by Gasteiger charge is 2.24. The molecule has 2 aliphatic rings. The van der Waals surface area contributed by atoms with Crippen LogP contribution in [0.4, 0.5) is 5.82 Å². The topological polar surface area (TPSA) is 99.3 Å². The first-order valence-corrected chi connectivity index (χ1v) is 14.0. The summed E-state index contributed by atoms with van der Waals surface area (Å²) >= 11 is 1.82. The smallest absolute Gasteiger partial charge is 0.222 e. The summed E-state index contributed by atoms with van der Waals surface area (Å²) in [6.07, 6.45) is 5.87. The average molecular weight is 520 g/mol. The maximum Gasteiger partial charge on any atom is 0.222 e. The quantitative estimate of drug-likeness (QED) is 0.386. The van der Waals surface area contributed by atoms with E-state index in [2.05, 4.69) is 37.4 Å². The number of rotatable bonds is 7. The number of carbonyl (C=O) groups is 1. The Morgan fingerprint density at radius 3 is 2.84 bits per heavy atom. The molecular formula is C27H33N7O2S. The van der Waals surface area contributed by atoms with Gasteiger partial charge in [0, 0.05) is 41.9 Å². The Morgan fingerprint density at radius 1 is 1.19 bits per heavy atom. The number of nitrogens with zero attached hydrogens (tertiary/aromatic N) is 5. The first-order valence-electron chi connectivity index (χ1n) is 13.2. The van der Waals surface area contributed by atoms with Gasteiger partial charge in [-0.15, -0.1) is 11.3 Å². The van der Waals surface area contributed by atoms with E-state index >= 15 is 0 Å². The molecule has 0 saturated carbocycles. The molecule has 9 nitrogen and oxygen atoms in total. The van der Waals surface area contributed by atoms with Crippen molar-refractivity contribution in [3.63, 3.8) is 0 Å². The van der Waals surface area contributed by atoms with Crippen LogP contribution in [0, 0.1) is 5.92 Å². The number of likely N-dealkylation sites (tertiary alicyclic amines) is 1. The Morgan fingerprint density at radius 2 is 2.03 bits per heavy atom. The van der Waals surface area contributed by atoms with Gasteiger partial charge in [-0.2, -0.15) is 5.10 Å². The third kappa shape index (κ3) is 5.05. The van der Waals surface area contributed by atoms with Crippen LogP contribution in [0.2, 0.25) is 0 Å². The predicted octanol–water partition coefficient (Wildman–Crippen LogP) is 3.46. The molecule has 0 radical (unpaired) electrons. The molecular weight excluding hydrogens is 486 g/mol. The van der Waals surface area contributed by atoms with Crippen LogP contribution < -0.4 is 10.2 Å². The Balaban J connectivity index is 1.22. The van der Waals surface area contributed by atoms with E-state index in [9.17, 15) is 4.79 Å². The minimum Gasteiger partial charge on any atom is -0.378 e. The number of nitrogens with one attached hydrogen (secondary N) is 2. The van der Waals surface area contributed by atoms with Crippen LogP contribution in [0.1, 0.15) is 24.1 Å². The molecule has 37 heavy (non-hydrogen) atoms. The van der Waals surface area contributed by atoms with Crippen LogP contribution >= 0.6 is 11.3 Å². The van der Waals surface area contributed by atoms with E-state index in [1.54, 1.807) is 7.05 Å². The number of H-pyrrole nitrogens is 1. The Bertz CT molecular complexity index is 1390. The van der Waals surface area contributed by atoms with Gasteiger partial charge < -0.3 is 19.9 Å². The van der Waals surface area contributed by atoms with E-state index in [0.717, 1.165) is 96.7 Å². The molecule has 0 bridgehead atoms. The highest BCUT2D eigenvalue weighted by molar-refractivity contribution is 7.19. The van der Waals surface area contributed by atoms with Crippen molar-refractivity contribution < 1.29 is 9.53 Å². The number of hydrogen-bond acceptors (Lipinski definition) is 8. The molecule has 1 aromatic carbocycles. The first-order chi connectivity index (χ1) is 18.2. The zero-order valence-electron chi connectivity index (χ0n) is 21.2. The SMILES string of the molecule is CNC(=O)C1CCN(CCCc2cc3nc(-c4cccc5[nH]ncc45)nc(N4CCOCC4)c3s2)CC1. The summed E-state index contributed by atoms with van der Waals surface area (Å²) in [5.74, 6) is 2.11. The zero-order valence-corrected chi connectivity index (χ0v) is 22.0. The van der Waals surface area contributed by atoms with Gasteiger partial charge in [-0.05, 0) is 57.5 Å². The highest BCUT2D eigenvalue weighted by atomic mass is 32.1. The standard InChI is InChI=1S/C27H33N7O2S/c1-28-27(35)18-7-10-33(11-8-18)9-3-4-19-16-23-24(37-19)26(34-12-14-36-15-13-34)31-25(30-23)20-5-2-6-22-21(20)17-29-32-22/h2,5-6,16-18H,3-4,7-15H2,1H3,(H,28,35)(H,29,32). The fourth-order valence-corrected chi connectivity index (χ4v) is 6.61. The minimum absolute atomic E-state index is 0.170. The van der Waals surface area contributed by atoms with Gasteiger partial charge in [0.25, 0.3) is 0 Å². The van der Waals surface area contributed by atoms with Crippen molar-refractivity contribution >= 4 is 44.2 Å². The van der Waals surface area contributed by atoms with Crippen LogP contribution in [0.25, 0.3) is 32.5 Å². The van der Waals surface area contributed by atoms with Gasteiger partial charge in [0.15, 0.2) is 11.6 Å². The lowest BCUT2D eigenvalue weighted by molar-refractivity contribution is -0.125. The van der Waals surface area contributed by atoms with Gasteiger partial charge in [0.2, 0.25) is 5.91 Å². The number of ether oxygens (including phenoxy) is 1. The summed E-state index contributed by atoms with van der Waals surface area (Å²) in [6.45, 7) is 6.16. The molecule has 6 rings (SSSR count). The lowest BCUT2D eigenvalue weighted by atomic mass is 9.96. The molecule has 194 valence electrons. The van der Waals surface area contributed by atoms with Crippen molar-refractivity contribution in [2.45, 2.75) is 25.7 Å². The third-order valence-corrected chi connectivity index (χ3v) is 8.72. The number of aromatic nitrogens is 4. The number of aryl methyl sites for hydroxylation is 1. The number of aromatic amines is 1. The van der Waals surface area contributed by atoms with Gasteiger partial charge in [0.05, 0.1) is 35.1 Å². The Hall–Kier alpha value is -3.08. The van der Waals surface area contributed by atoms with Gasteiger partial charge in [-0.25, -0.2) is 9.97 Å². The fraction of sp³-hybridized carbons (Fsp3) is 0.481. The lowest BCUT2D eigenvalue weighted by Gasteiger charge is -2.30. The second-order valence-electron chi connectivity index (χ2n) is 9.87. The first kappa shape index (κ1) is 24.3. The summed E-state index contributed by atoms with van der Waals surface area (Å²) < 4.78 is 6.78. The molecule has 5 heterocycles. The molecule has 0 atom stereocenters. The molecule has 0 unspecified atom stereocenters. The average Bonchev–Trinajstić information content (AvgIpc) is 3.60. The maximum absolute atomic E-state index is 11.9. The number of anilines is 1. The molecule has 2 saturated heterocycles. The van der Waals surface area contributed by atoms with E-state index in [0.29, 0.717) is 13.2 Å². The summed E-state index contributed by atoms with van der Waals surface area (Å²) in [7, 11) is 1.73. The van der Waals surface area contributed by atoms with Crippen LogP contribution in [-0.4, -0.2) is 84.0 Å². The van der Waals surface area contributed by atoms with Crippen LogP contribution in [-0.2, 0) is 16.0 Å². The summed E-state index contributed by atoms with van der Waals surface area (Å²) in [4.78, 5) is 28.2. The zero-order chi connectivity index (χ0) is 25.2. The largest absolute Gasteiger partial charge is 0.378 e. The number of fused-ring (bicyclic) bond motifs is 2. The third-order valence-electron chi connectivity index (χ3n) is 7.54. The lowest BCUT2D eigenvalue weighted by Crippen LogP contribution is -2.39. The van der Waals surface area contributed by atoms with Gasteiger partial charge in [-0.3, -0.25) is 9.89 Å². The second kappa shape index (κ2) is 10.7. The minimum atomic E-state index is 0.170. The van der Waals surface area contributed by atoms with Crippen LogP contribution in [0.5, 0.6) is 0 Å². The molecule has 10 heteroatoms. The van der Waals surface area contributed by atoms with E-state index in [1.807, 2.05) is 29.7 Å². The van der Waals surface area contributed by atoms with E-state index in [1.165, 1.54) is 4.88 Å². The number of hydrogen-bond donors (Lipinski definition) is 2. The molecule has 0 aliphatic carbocycles. The van der Waals surface area contributed by atoms with Gasteiger partial charge in [0.1, 0.15) is 0 Å². The number of benzene rings is 1. The molecule has 4 aromatic rings. The normalized spacial score (nSPS) is 17.6. The molecule has 2 N–H and O–H groups in total. The van der Waals surface area contributed by atoms with Crippen molar-refractivity contribution in [3.05, 3.63) is 35.3 Å². The van der Waals surface area contributed by atoms with Crippen LogP contribution in [0.15, 0.2) is 30.5 Å². The van der Waals surface area contributed by atoms with Crippen molar-refractivity contribution in [2.75, 3.05) is 57.9 Å². The summed E-state index contributed by atoms with van der Waals surface area (Å²) in [5, 5.41) is 11.1. The molecule has 2 fully saturated rings.